The smallest absolute Gasteiger partial charge is 0.269 e. The molecule has 0 radical (unpaired) electrons. The molecule has 0 bridgehead atoms. The molecule has 1 aromatic carbocycles. The van der Waals surface area contributed by atoms with Crippen molar-refractivity contribution < 1.29 is 4.92 Å². The highest BCUT2D eigenvalue weighted by molar-refractivity contribution is 5.85. The maximum atomic E-state index is 10.6. The van der Waals surface area contributed by atoms with E-state index in [0.29, 0.717) is 12.0 Å². The van der Waals surface area contributed by atoms with Crippen LogP contribution in [-0.2, 0) is 6.42 Å². The Kier molecular flexibility index (Phi) is 7.08. The van der Waals surface area contributed by atoms with Gasteiger partial charge in [0.2, 0.25) is 0 Å². The third-order valence-corrected chi connectivity index (χ3v) is 4.24. The summed E-state index contributed by atoms with van der Waals surface area (Å²) in [6.45, 7) is 5.33. The molecule has 21 heavy (non-hydrogen) atoms. The average Bonchev–Trinajstić information content (AvgIpc) is 2.46. The number of hydrogen-bond donors (Lipinski definition) is 1. The third kappa shape index (κ3) is 5.26. The summed E-state index contributed by atoms with van der Waals surface area (Å²) in [6.07, 6.45) is 3.30. The van der Waals surface area contributed by atoms with Crippen LogP contribution in [0.1, 0.15) is 25.3 Å². The molecule has 5 nitrogen and oxygen atoms in total. The van der Waals surface area contributed by atoms with Gasteiger partial charge in [0.15, 0.2) is 0 Å². The highest BCUT2D eigenvalue weighted by Crippen LogP contribution is 2.20. The molecular weight excluding hydrogens is 290 g/mol. The minimum Gasteiger partial charge on any atom is -0.328 e. The van der Waals surface area contributed by atoms with E-state index in [0.717, 1.165) is 31.6 Å². The molecule has 0 amide bonds. The molecule has 0 aliphatic carbocycles. The normalized spacial score (nSPS) is 18.0. The zero-order chi connectivity index (χ0) is 14.5. The van der Waals surface area contributed by atoms with E-state index in [4.69, 9.17) is 5.73 Å². The predicted octanol–water partition coefficient (Wildman–Crippen LogP) is 2.62. The molecular formula is C15H24ClN3O2. The molecule has 1 unspecified atom stereocenters. The van der Waals surface area contributed by atoms with Gasteiger partial charge < -0.3 is 10.6 Å². The summed E-state index contributed by atoms with van der Waals surface area (Å²) >= 11 is 0. The van der Waals surface area contributed by atoms with Gasteiger partial charge in [0, 0.05) is 24.7 Å². The lowest BCUT2D eigenvalue weighted by atomic mass is 9.91. The molecule has 1 aliphatic heterocycles. The predicted molar refractivity (Wildman–Crippen MR) is 86.9 cm³/mol. The molecule has 0 saturated carbocycles. The third-order valence-electron chi connectivity index (χ3n) is 4.24. The summed E-state index contributed by atoms with van der Waals surface area (Å²) in [5, 5.41) is 10.6. The molecule has 2 N–H and O–H groups in total. The quantitative estimate of drug-likeness (QED) is 0.670. The van der Waals surface area contributed by atoms with Crippen molar-refractivity contribution in [1.82, 2.24) is 4.90 Å². The zero-order valence-corrected chi connectivity index (χ0v) is 13.2. The van der Waals surface area contributed by atoms with Crippen LogP contribution in [0.5, 0.6) is 0 Å². The molecule has 1 aromatic rings. The number of benzene rings is 1. The Labute approximate surface area is 132 Å². The van der Waals surface area contributed by atoms with E-state index in [1.54, 1.807) is 12.1 Å². The lowest BCUT2D eigenvalue weighted by Gasteiger charge is -2.33. The van der Waals surface area contributed by atoms with Gasteiger partial charge in [0.1, 0.15) is 0 Å². The second kappa shape index (κ2) is 8.32. The highest BCUT2D eigenvalue weighted by atomic mass is 35.5. The fourth-order valence-corrected chi connectivity index (χ4v) is 2.77. The molecule has 1 saturated heterocycles. The number of nitrogens with zero attached hydrogens (tertiary/aromatic N) is 2. The number of halogens is 1. The average molecular weight is 314 g/mol. The number of nitro benzene ring substituents is 1. The van der Waals surface area contributed by atoms with Crippen LogP contribution in [0.15, 0.2) is 24.3 Å². The monoisotopic (exact) mass is 313 g/mol. The van der Waals surface area contributed by atoms with Crippen molar-refractivity contribution in [3.8, 4) is 0 Å². The lowest BCUT2D eigenvalue weighted by molar-refractivity contribution is -0.384. The lowest BCUT2D eigenvalue weighted by Crippen LogP contribution is -2.40. The second-order valence-electron chi connectivity index (χ2n) is 5.71. The number of likely N-dealkylation sites (tertiary alicyclic amines) is 1. The molecule has 0 spiro atoms. The number of nitro groups is 1. The second-order valence-corrected chi connectivity index (χ2v) is 5.71. The van der Waals surface area contributed by atoms with E-state index in [9.17, 15) is 10.1 Å². The number of piperidine rings is 1. The first-order valence-electron chi connectivity index (χ1n) is 7.27. The largest absolute Gasteiger partial charge is 0.328 e. The van der Waals surface area contributed by atoms with Crippen molar-refractivity contribution in [3.05, 3.63) is 39.9 Å². The number of nitrogens with two attached hydrogens (primary N) is 1. The molecule has 1 atom stereocenters. The minimum absolute atomic E-state index is 0. The van der Waals surface area contributed by atoms with Gasteiger partial charge in [-0.1, -0.05) is 12.1 Å². The SMILES string of the molecule is CC(N)C1CCN(CCc2ccc([N+](=O)[O-])cc2)CC1.Cl. The molecule has 118 valence electrons. The summed E-state index contributed by atoms with van der Waals surface area (Å²) in [4.78, 5) is 12.7. The Hall–Kier alpha value is -1.17. The van der Waals surface area contributed by atoms with Gasteiger partial charge in [-0.25, -0.2) is 0 Å². The summed E-state index contributed by atoms with van der Waals surface area (Å²) in [5.41, 5.74) is 7.26. The maximum Gasteiger partial charge on any atom is 0.269 e. The van der Waals surface area contributed by atoms with E-state index in [1.165, 1.54) is 12.8 Å². The van der Waals surface area contributed by atoms with Crippen molar-refractivity contribution >= 4 is 18.1 Å². The number of non-ortho nitro benzene ring substituents is 1. The standard InChI is InChI=1S/C15H23N3O2.ClH/c1-12(16)14-7-10-17(11-8-14)9-6-13-2-4-15(5-3-13)18(19)20;/h2-5,12,14H,6-11,16H2,1H3;1H. The fraction of sp³-hybridized carbons (Fsp3) is 0.600. The van der Waals surface area contributed by atoms with Gasteiger partial charge in [-0.15, -0.1) is 12.4 Å². The number of hydrogen-bond acceptors (Lipinski definition) is 4. The molecule has 1 aliphatic rings. The van der Waals surface area contributed by atoms with Gasteiger partial charge in [0.25, 0.3) is 5.69 Å². The van der Waals surface area contributed by atoms with Crippen LogP contribution in [0.2, 0.25) is 0 Å². The Morgan fingerprint density at radius 2 is 1.90 bits per heavy atom. The summed E-state index contributed by atoms with van der Waals surface area (Å²) in [7, 11) is 0. The fourth-order valence-electron chi connectivity index (χ4n) is 2.77. The van der Waals surface area contributed by atoms with Crippen LogP contribution >= 0.6 is 12.4 Å². The van der Waals surface area contributed by atoms with Gasteiger partial charge in [-0.2, -0.15) is 0 Å². The Balaban J connectivity index is 0.00000220. The Morgan fingerprint density at radius 1 is 1.33 bits per heavy atom. The van der Waals surface area contributed by atoms with Gasteiger partial charge in [0.05, 0.1) is 4.92 Å². The molecule has 0 aromatic heterocycles. The van der Waals surface area contributed by atoms with E-state index in [-0.39, 0.29) is 23.0 Å². The minimum atomic E-state index is -0.359. The topological polar surface area (TPSA) is 72.4 Å². The summed E-state index contributed by atoms with van der Waals surface area (Å²) in [6, 6.07) is 7.17. The Morgan fingerprint density at radius 3 is 2.38 bits per heavy atom. The van der Waals surface area contributed by atoms with E-state index in [1.807, 2.05) is 12.1 Å². The van der Waals surface area contributed by atoms with Crippen LogP contribution in [0.25, 0.3) is 0 Å². The number of rotatable bonds is 5. The molecule has 1 fully saturated rings. The van der Waals surface area contributed by atoms with Crippen LogP contribution < -0.4 is 5.73 Å². The maximum absolute atomic E-state index is 10.6. The van der Waals surface area contributed by atoms with Crippen molar-refractivity contribution in [2.45, 2.75) is 32.2 Å². The van der Waals surface area contributed by atoms with E-state index < -0.39 is 0 Å². The van der Waals surface area contributed by atoms with E-state index in [2.05, 4.69) is 11.8 Å². The molecule has 1 heterocycles. The highest BCUT2D eigenvalue weighted by Gasteiger charge is 2.21. The first-order chi connectivity index (χ1) is 9.56. The van der Waals surface area contributed by atoms with Crippen LogP contribution in [-0.4, -0.2) is 35.5 Å². The van der Waals surface area contributed by atoms with Crippen molar-refractivity contribution in [1.29, 1.82) is 0 Å². The summed E-state index contributed by atoms with van der Waals surface area (Å²) in [5.74, 6) is 0.658. The zero-order valence-electron chi connectivity index (χ0n) is 12.4. The molecule has 2 rings (SSSR count). The van der Waals surface area contributed by atoms with Gasteiger partial charge in [-0.3, -0.25) is 10.1 Å². The van der Waals surface area contributed by atoms with Crippen molar-refractivity contribution in [2.24, 2.45) is 11.7 Å². The Bertz CT molecular complexity index is 443. The van der Waals surface area contributed by atoms with Crippen molar-refractivity contribution in [2.75, 3.05) is 19.6 Å². The summed E-state index contributed by atoms with van der Waals surface area (Å²) < 4.78 is 0. The first kappa shape index (κ1) is 17.9. The van der Waals surface area contributed by atoms with Crippen LogP contribution in [0.3, 0.4) is 0 Å². The van der Waals surface area contributed by atoms with Crippen LogP contribution in [0, 0.1) is 16.0 Å². The first-order valence-corrected chi connectivity index (χ1v) is 7.27. The van der Waals surface area contributed by atoms with Crippen molar-refractivity contribution in [3.63, 3.8) is 0 Å². The molecule has 6 heteroatoms. The van der Waals surface area contributed by atoms with Crippen LogP contribution in [0.4, 0.5) is 5.69 Å². The van der Waals surface area contributed by atoms with E-state index >= 15 is 0 Å². The van der Waals surface area contributed by atoms with Gasteiger partial charge >= 0.3 is 0 Å². The van der Waals surface area contributed by atoms with Gasteiger partial charge in [-0.05, 0) is 50.8 Å².